The Bertz CT molecular complexity index is 466. The van der Waals surface area contributed by atoms with Crippen LogP contribution in [0.25, 0.3) is 0 Å². The van der Waals surface area contributed by atoms with Gasteiger partial charge in [0.25, 0.3) is 0 Å². The molecule has 0 amide bonds. The summed E-state index contributed by atoms with van der Waals surface area (Å²) >= 11 is 4.78. The van der Waals surface area contributed by atoms with Gasteiger partial charge in [-0.25, -0.2) is 9.97 Å². The molecule has 5 nitrogen and oxygen atoms in total. The molecule has 0 fully saturated rings. The Morgan fingerprint density at radius 2 is 2.31 bits per heavy atom. The Labute approximate surface area is 97.7 Å². The summed E-state index contributed by atoms with van der Waals surface area (Å²) in [5, 5.41) is 3.10. The predicted octanol–water partition coefficient (Wildman–Crippen LogP) is 1.32. The standard InChI is InChI=1S/C10H10N4OS/c11-10(16)8-4-14-9(5-12-8)13-3-7-1-2-15-6-7/h1-2,4-6H,3H2,(H2,11,16)(H,13,14). The first-order valence-corrected chi connectivity index (χ1v) is 5.03. The van der Waals surface area contributed by atoms with Gasteiger partial charge in [0.2, 0.25) is 0 Å². The largest absolute Gasteiger partial charge is 0.472 e. The highest BCUT2D eigenvalue weighted by molar-refractivity contribution is 7.80. The summed E-state index contributed by atoms with van der Waals surface area (Å²) in [6.45, 7) is 0.637. The molecule has 0 aromatic carbocycles. The number of hydrogen-bond acceptors (Lipinski definition) is 5. The van der Waals surface area contributed by atoms with Crippen LogP contribution in [0.2, 0.25) is 0 Å². The van der Waals surface area contributed by atoms with Crippen LogP contribution in [-0.2, 0) is 6.54 Å². The van der Waals surface area contributed by atoms with E-state index >= 15 is 0 Å². The molecule has 0 atom stereocenters. The zero-order valence-electron chi connectivity index (χ0n) is 8.38. The van der Waals surface area contributed by atoms with E-state index < -0.39 is 0 Å². The zero-order valence-corrected chi connectivity index (χ0v) is 9.20. The first kappa shape index (κ1) is 10.6. The van der Waals surface area contributed by atoms with Crippen LogP contribution >= 0.6 is 12.2 Å². The van der Waals surface area contributed by atoms with Gasteiger partial charge < -0.3 is 15.5 Å². The van der Waals surface area contributed by atoms with Gasteiger partial charge in [-0.1, -0.05) is 12.2 Å². The quantitative estimate of drug-likeness (QED) is 0.777. The van der Waals surface area contributed by atoms with Crippen molar-refractivity contribution in [3.63, 3.8) is 0 Å². The molecule has 0 aliphatic rings. The fraction of sp³-hybridized carbons (Fsp3) is 0.100. The second-order valence-corrected chi connectivity index (χ2v) is 3.58. The molecule has 0 aliphatic carbocycles. The first-order chi connectivity index (χ1) is 7.75. The number of hydrogen-bond donors (Lipinski definition) is 2. The van der Waals surface area contributed by atoms with E-state index in [-0.39, 0.29) is 4.99 Å². The third-order valence-electron chi connectivity index (χ3n) is 1.96. The number of nitrogens with two attached hydrogens (primary N) is 1. The molecule has 0 saturated carbocycles. The second-order valence-electron chi connectivity index (χ2n) is 3.14. The van der Waals surface area contributed by atoms with Crippen molar-refractivity contribution in [2.24, 2.45) is 5.73 Å². The van der Waals surface area contributed by atoms with Crippen molar-refractivity contribution in [3.05, 3.63) is 42.2 Å². The average molecular weight is 234 g/mol. The van der Waals surface area contributed by atoms with E-state index in [2.05, 4.69) is 15.3 Å². The molecule has 0 aliphatic heterocycles. The number of anilines is 1. The van der Waals surface area contributed by atoms with Crippen molar-refractivity contribution in [1.82, 2.24) is 9.97 Å². The van der Waals surface area contributed by atoms with Crippen LogP contribution < -0.4 is 11.1 Å². The van der Waals surface area contributed by atoms with Gasteiger partial charge in [0.1, 0.15) is 16.5 Å². The monoisotopic (exact) mass is 234 g/mol. The molecule has 16 heavy (non-hydrogen) atoms. The van der Waals surface area contributed by atoms with Crippen LogP contribution in [0.15, 0.2) is 35.4 Å². The lowest BCUT2D eigenvalue weighted by Crippen LogP contribution is -2.12. The molecule has 2 aromatic heterocycles. The highest BCUT2D eigenvalue weighted by atomic mass is 32.1. The summed E-state index contributed by atoms with van der Waals surface area (Å²) in [6, 6.07) is 1.88. The van der Waals surface area contributed by atoms with Crippen LogP contribution in [0.1, 0.15) is 11.3 Å². The molecule has 82 valence electrons. The van der Waals surface area contributed by atoms with Crippen LogP contribution in [-0.4, -0.2) is 15.0 Å². The average Bonchev–Trinajstić information content (AvgIpc) is 2.80. The highest BCUT2D eigenvalue weighted by Gasteiger charge is 2.00. The van der Waals surface area contributed by atoms with Crippen molar-refractivity contribution >= 4 is 23.0 Å². The minimum Gasteiger partial charge on any atom is -0.472 e. The molecule has 0 unspecified atom stereocenters. The maximum atomic E-state index is 5.41. The third-order valence-corrected chi connectivity index (χ3v) is 2.17. The van der Waals surface area contributed by atoms with Crippen LogP contribution in [0.5, 0.6) is 0 Å². The van der Waals surface area contributed by atoms with Crippen molar-refractivity contribution in [3.8, 4) is 0 Å². The Morgan fingerprint density at radius 1 is 1.44 bits per heavy atom. The molecule has 0 spiro atoms. The molecule has 0 radical (unpaired) electrons. The molecule has 0 bridgehead atoms. The maximum absolute atomic E-state index is 5.41. The van der Waals surface area contributed by atoms with E-state index in [1.807, 2.05) is 6.07 Å². The van der Waals surface area contributed by atoms with Crippen molar-refractivity contribution in [2.75, 3.05) is 5.32 Å². The minimum absolute atomic E-state index is 0.244. The predicted molar refractivity (Wildman–Crippen MR) is 64.0 cm³/mol. The van der Waals surface area contributed by atoms with Crippen LogP contribution in [0.4, 0.5) is 5.82 Å². The molecule has 0 saturated heterocycles. The van der Waals surface area contributed by atoms with Crippen molar-refractivity contribution < 1.29 is 4.42 Å². The van der Waals surface area contributed by atoms with Crippen molar-refractivity contribution in [1.29, 1.82) is 0 Å². The molecular formula is C10H10N4OS. The number of aromatic nitrogens is 2. The molecule has 3 N–H and O–H groups in total. The molecule has 2 heterocycles. The van der Waals surface area contributed by atoms with Gasteiger partial charge in [-0.05, 0) is 6.07 Å². The van der Waals surface area contributed by atoms with Gasteiger partial charge in [0.15, 0.2) is 0 Å². The summed E-state index contributed by atoms with van der Waals surface area (Å²) in [7, 11) is 0. The first-order valence-electron chi connectivity index (χ1n) is 4.62. The lowest BCUT2D eigenvalue weighted by molar-refractivity contribution is 0.564. The summed E-state index contributed by atoms with van der Waals surface area (Å²) in [5.74, 6) is 0.668. The summed E-state index contributed by atoms with van der Waals surface area (Å²) in [5.41, 5.74) is 6.97. The lowest BCUT2D eigenvalue weighted by Gasteiger charge is -2.03. The molecular weight excluding hydrogens is 224 g/mol. The van der Waals surface area contributed by atoms with E-state index in [1.54, 1.807) is 24.9 Å². The fourth-order valence-corrected chi connectivity index (χ4v) is 1.24. The minimum atomic E-state index is 0.244. The van der Waals surface area contributed by atoms with E-state index in [4.69, 9.17) is 22.4 Å². The summed E-state index contributed by atoms with van der Waals surface area (Å²) in [6.07, 6.45) is 6.43. The SMILES string of the molecule is NC(=S)c1cnc(NCc2ccoc2)cn1. The lowest BCUT2D eigenvalue weighted by atomic mass is 10.3. The van der Waals surface area contributed by atoms with Crippen LogP contribution in [0, 0.1) is 0 Å². The Hall–Kier alpha value is -1.95. The van der Waals surface area contributed by atoms with Crippen molar-refractivity contribution in [2.45, 2.75) is 6.54 Å². The third kappa shape index (κ3) is 2.54. The Balaban J connectivity index is 1.98. The van der Waals surface area contributed by atoms with Gasteiger partial charge >= 0.3 is 0 Å². The zero-order chi connectivity index (χ0) is 11.4. The Morgan fingerprint density at radius 3 is 2.88 bits per heavy atom. The number of nitrogens with one attached hydrogen (secondary N) is 1. The van der Waals surface area contributed by atoms with E-state index in [9.17, 15) is 0 Å². The van der Waals surface area contributed by atoms with E-state index in [1.165, 1.54) is 0 Å². The normalized spacial score (nSPS) is 10.0. The van der Waals surface area contributed by atoms with Gasteiger partial charge in [-0.3, -0.25) is 0 Å². The number of thiocarbonyl (C=S) groups is 1. The number of rotatable bonds is 4. The number of nitrogens with zero attached hydrogens (tertiary/aromatic N) is 2. The summed E-state index contributed by atoms with van der Waals surface area (Å²) < 4.78 is 4.94. The summed E-state index contributed by atoms with van der Waals surface area (Å²) in [4.78, 5) is 8.44. The smallest absolute Gasteiger partial charge is 0.144 e. The molecule has 2 aromatic rings. The maximum Gasteiger partial charge on any atom is 0.144 e. The van der Waals surface area contributed by atoms with Gasteiger partial charge in [0.05, 0.1) is 24.9 Å². The van der Waals surface area contributed by atoms with E-state index in [0.29, 0.717) is 18.1 Å². The molecule has 2 rings (SSSR count). The topological polar surface area (TPSA) is 77.0 Å². The fourth-order valence-electron chi connectivity index (χ4n) is 1.13. The Kier molecular flexibility index (Phi) is 3.11. The van der Waals surface area contributed by atoms with Gasteiger partial charge in [-0.2, -0.15) is 0 Å². The van der Waals surface area contributed by atoms with E-state index in [0.717, 1.165) is 5.56 Å². The van der Waals surface area contributed by atoms with Crippen LogP contribution in [0.3, 0.4) is 0 Å². The second kappa shape index (κ2) is 4.71. The highest BCUT2D eigenvalue weighted by Crippen LogP contribution is 2.05. The number of furan rings is 1. The molecule has 6 heteroatoms. The van der Waals surface area contributed by atoms with Gasteiger partial charge in [-0.15, -0.1) is 0 Å². The van der Waals surface area contributed by atoms with Gasteiger partial charge in [0, 0.05) is 12.1 Å².